The largest absolute Gasteiger partial charge is 0.377 e. The average molecular weight is 394 g/mol. The summed E-state index contributed by atoms with van der Waals surface area (Å²) in [5, 5.41) is 13.7. The summed E-state index contributed by atoms with van der Waals surface area (Å²) in [4.78, 5) is 20.5. The second-order valence-electron chi connectivity index (χ2n) is 6.98. The summed E-state index contributed by atoms with van der Waals surface area (Å²) in [5.41, 5.74) is 2.15. The van der Waals surface area contributed by atoms with E-state index in [1.165, 1.54) is 17.8 Å². The molecule has 0 radical (unpaired) electrons. The van der Waals surface area contributed by atoms with Crippen LogP contribution < -0.4 is 15.8 Å². The minimum absolute atomic E-state index is 0.0348. The molecule has 3 aromatic rings. The fourth-order valence-electron chi connectivity index (χ4n) is 3.68. The van der Waals surface area contributed by atoms with Crippen LogP contribution in [0.1, 0.15) is 37.3 Å². The third kappa shape index (κ3) is 3.48. The zero-order chi connectivity index (χ0) is 19.5. The maximum Gasteiger partial charge on any atom is 0.273 e. The van der Waals surface area contributed by atoms with Crippen molar-refractivity contribution in [1.29, 1.82) is 5.26 Å². The van der Waals surface area contributed by atoms with Crippen LogP contribution in [0.3, 0.4) is 0 Å². The van der Waals surface area contributed by atoms with E-state index < -0.39 is 0 Å². The quantitative estimate of drug-likeness (QED) is 0.714. The van der Waals surface area contributed by atoms with Crippen LogP contribution in [-0.2, 0) is 6.54 Å². The summed E-state index contributed by atoms with van der Waals surface area (Å²) in [7, 11) is 0. The lowest BCUT2D eigenvalue weighted by atomic mass is 10.1. The molecule has 0 amide bonds. The SMILES string of the molecule is CCNc1cc2nc(N3CCCCC3)n(Cc3ccccc3C#N)c(=O)c2s1. The zero-order valence-electron chi connectivity index (χ0n) is 15.9. The van der Waals surface area contributed by atoms with Gasteiger partial charge in [0, 0.05) is 19.6 Å². The van der Waals surface area contributed by atoms with Gasteiger partial charge in [0.25, 0.3) is 5.56 Å². The lowest BCUT2D eigenvalue weighted by molar-refractivity contribution is 0.553. The number of hydrogen-bond donors (Lipinski definition) is 1. The van der Waals surface area contributed by atoms with E-state index in [0.29, 0.717) is 22.8 Å². The van der Waals surface area contributed by atoms with Crippen LogP contribution in [0, 0.1) is 11.3 Å². The summed E-state index contributed by atoms with van der Waals surface area (Å²) in [6, 6.07) is 11.7. The van der Waals surface area contributed by atoms with E-state index >= 15 is 0 Å². The number of piperidine rings is 1. The number of fused-ring (bicyclic) bond motifs is 1. The molecule has 2 aromatic heterocycles. The molecule has 1 aliphatic heterocycles. The highest BCUT2D eigenvalue weighted by molar-refractivity contribution is 7.22. The van der Waals surface area contributed by atoms with E-state index in [4.69, 9.17) is 4.98 Å². The van der Waals surface area contributed by atoms with E-state index in [1.807, 2.05) is 31.2 Å². The van der Waals surface area contributed by atoms with Crippen LogP contribution in [-0.4, -0.2) is 29.2 Å². The van der Waals surface area contributed by atoms with Crippen molar-refractivity contribution in [1.82, 2.24) is 9.55 Å². The Labute approximate surface area is 168 Å². The van der Waals surface area contributed by atoms with Crippen molar-refractivity contribution < 1.29 is 0 Å². The van der Waals surface area contributed by atoms with Crippen LogP contribution in [0.15, 0.2) is 35.1 Å². The molecule has 7 heteroatoms. The van der Waals surface area contributed by atoms with Gasteiger partial charge in [0.15, 0.2) is 0 Å². The Morgan fingerprint density at radius 2 is 2.04 bits per heavy atom. The van der Waals surface area contributed by atoms with Gasteiger partial charge in [-0.25, -0.2) is 4.98 Å². The Bertz CT molecular complexity index is 1090. The third-order valence-corrected chi connectivity index (χ3v) is 6.14. The second-order valence-corrected chi connectivity index (χ2v) is 8.03. The molecule has 0 aliphatic carbocycles. The molecular weight excluding hydrogens is 370 g/mol. The van der Waals surface area contributed by atoms with E-state index in [0.717, 1.165) is 48.6 Å². The number of rotatable bonds is 5. The smallest absolute Gasteiger partial charge is 0.273 e. The Kier molecular flexibility index (Phi) is 5.31. The van der Waals surface area contributed by atoms with Crippen molar-refractivity contribution in [2.45, 2.75) is 32.7 Å². The molecule has 0 atom stereocenters. The normalized spacial score (nSPS) is 14.2. The molecule has 6 nitrogen and oxygen atoms in total. The molecule has 0 unspecified atom stereocenters. The van der Waals surface area contributed by atoms with Crippen LogP contribution in [0.2, 0.25) is 0 Å². The maximum atomic E-state index is 13.4. The Morgan fingerprint density at radius 1 is 1.25 bits per heavy atom. The van der Waals surface area contributed by atoms with E-state index in [1.54, 1.807) is 10.6 Å². The second kappa shape index (κ2) is 8.03. The summed E-state index contributed by atoms with van der Waals surface area (Å²) in [6.07, 6.45) is 3.42. The molecule has 144 valence electrons. The molecule has 1 fully saturated rings. The van der Waals surface area contributed by atoms with Crippen LogP contribution in [0.5, 0.6) is 0 Å². The number of nitrogens with zero attached hydrogens (tertiary/aromatic N) is 4. The first kappa shape index (κ1) is 18.5. The van der Waals surface area contributed by atoms with Gasteiger partial charge < -0.3 is 10.2 Å². The Balaban J connectivity index is 1.87. The minimum atomic E-state index is -0.0348. The fourth-order valence-corrected chi connectivity index (χ4v) is 4.69. The standard InChI is InChI=1S/C21H23N5OS/c1-2-23-18-12-17-19(28-18)20(27)26(14-16-9-5-4-8-15(16)13-22)21(24-17)25-10-6-3-7-11-25/h4-5,8-9,12,23H,2-3,6-7,10-11,14H2,1H3. The molecule has 0 saturated carbocycles. The molecule has 0 bridgehead atoms. The zero-order valence-corrected chi connectivity index (χ0v) is 16.8. The molecule has 3 heterocycles. The Morgan fingerprint density at radius 3 is 2.79 bits per heavy atom. The topological polar surface area (TPSA) is 74.0 Å². The number of thiophene rings is 1. The molecule has 0 spiro atoms. The molecule has 1 N–H and O–H groups in total. The van der Waals surface area contributed by atoms with Gasteiger partial charge >= 0.3 is 0 Å². The van der Waals surface area contributed by atoms with Gasteiger partial charge in [-0.1, -0.05) is 18.2 Å². The van der Waals surface area contributed by atoms with Crippen LogP contribution >= 0.6 is 11.3 Å². The number of benzene rings is 1. The summed E-state index contributed by atoms with van der Waals surface area (Å²) in [6.45, 7) is 5.00. The first-order valence-corrected chi connectivity index (χ1v) is 10.5. The highest BCUT2D eigenvalue weighted by Gasteiger charge is 2.21. The Hall–Kier alpha value is -2.85. The average Bonchev–Trinajstić information content (AvgIpc) is 3.14. The number of nitriles is 1. The number of hydrogen-bond acceptors (Lipinski definition) is 6. The van der Waals surface area contributed by atoms with Gasteiger partial charge in [-0.15, -0.1) is 11.3 Å². The molecule has 4 rings (SSSR count). The van der Waals surface area contributed by atoms with Crippen molar-refractivity contribution in [3.05, 3.63) is 51.8 Å². The predicted molar refractivity (Wildman–Crippen MR) is 114 cm³/mol. The number of aromatic nitrogens is 2. The van der Waals surface area contributed by atoms with Gasteiger partial charge in [-0.2, -0.15) is 5.26 Å². The molecule has 1 aromatic carbocycles. The predicted octanol–water partition coefficient (Wildman–Crippen LogP) is 3.80. The lowest BCUT2D eigenvalue weighted by Crippen LogP contribution is -2.36. The number of anilines is 2. The lowest BCUT2D eigenvalue weighted by Gasteiger charge is -2.29. The summed E-state index contributed by atoms with van der Waals surface area (Å²) < 4.78 is 2.40. The minimum Gasteiger partial charge on any atom is -0.377 e. The molecule has 1 aliphatic rings. The molecular formula is C21H23N5OS. The van der Waals surface area contributed by atoms with Crippen molar-refractivity contribution in [3.8, 4) is 6.07 Å². The van der Waals surface area contributed by atoms with E-state index in [2.05, 4.69) is 16.3 Å². The van der Waals surface area contributed by atoms with Gasteiger partial charge in [-0.05, 0) is 43.9 Å². The number of nitrogens with one attached hydrogen (secondary N) is 1. The van der Waals surface area contributed by atoms with E-state index in [-0.39, 0.29) is 5.56 Å². The van der Waals surface area contributed by atoms with Crippen LogP contribution in [0.25, 0.3) is 10.2 Å². The highest BCUT2D eigenvalue weighted by Crippen LogP contribution is 2.29. The van der Waals surface area contributed by atoms with Crippen molar-refractivity contribution >= 4 is 32.5 Å². The summed E-state index contributed by atoms with van der Waals surface area (Å²) >= 11 is 1.45. The molecule has 1 saturated heterocycles. The van der Waals surface area contributed by atoms with E-state index in [9.17, 15) is 10.1 Å². The first-order valence-electron chi connectivity index (χ1n) is 9.72. The third-order valence-electron chi connectivity index (χ3n) is 5.07. The van der Waals surface area contributed by atoms with Gasteiger partial charge in [0.05, 0.1) is 28.7 Å². The van der Waals surface area contributed by atoms with Crippen molar-refractivity contribution in [2.24, 2.45) is 0 Å². The monoisotopic (exact) mass is 393 g/mol. The fraction of sp³-hybridized carbons (Fsp3) is 0.381. The highest BCUT2D eigenvalue weighted by atomic mass is 32.1. The van der Waals surface area contributed by atoms with Crippen molar-refractivity contribution in [2.75, 3.05) is 29.9 Å². The van der Waals surface area contributed by atoms with Gasteiger partial charge in [0.1, 0.15) is 4.70 Å². The molecule has 28 heavy (non-hydrogen) atoms. The maximum absolute atomic E-state index is 13.4. The van der Waals surface area contributed by atoms with Crippen LogP contribution in [0.4, 0.5) is 10.9 Å². The summed E-state index contributed by atoms with van der Waals surface area (Å²) in [5.74, 6) is 0.714. The first-order chi connectivity index (χ1) is 13.7. The van der Waals surface area contributed by atoms with Gasteiger partial charge in [-0.3, -0.25) is 9.36 Å². The van der Waals surface area contributed by atoms with Gasteiger partial charge in [0.2, 0.25) is 5.95 Å². The van der Waals surface area contributed by atoms with Crippen molar-refractivity contribution in [3.63, 3.8) is 0 Å².